The Balaban J connectivity index is 1.89. The van der Waals surface area contributed by atoms with Gasteiger partial charge in [-0.25, -0.2) is 4.79 Å². The number of H-pyrrole nitrogens is 1. The molecule has 31 heavy (non-hydrogen) atoms. The average molecular weight is 422 g/mol. The summed E-state index contributed by atoms with van der Waals surface area (Å²) in [5.74, 6) is 0. The number of aromatic nitrogens is 1. The number of hydrogen-bond acceptors (Lipinski definition) is 2. The minimum Gasteiger partial charge on any atom is -0.334 e. The van der Waals surface area contributed by atoms with E-state index in [4.69, 9.17) is 0 Å². The summed E-state index contributed by atoms with van der Waals surface area (Å²) < 4.78 is 0. The zero-order valence-corrected chi connectivity index (χ0v) is 18.9. The number of amides is 2. The first-order valence-electron chi connectivity index (χ1n) is 11.0. The first-order chi connectivity index (χ1) is 14.9. The number of carbonyl (C=O) groups excluding carboxylic acids is 1. The van der Waals surface area contributed by atoms with Crippen LogP contribution < -0.4 is 15.8 Å². The van der Waals surface area contributed by atoms with Crippen molar-refractivity contribution in [1.82, 2.24) is 9.88 Å². The molecule has 0 spiro atoms. The zero-order chi connectivity index (χ0) is 22.4. The molecule has 6 nitrogen and oxygen atoms in total. The largest absolute Gasteiger partial charge is 0.334 e. The van der Waals surface area contributed by atoms with Crippen LogP contribution in [0, 0.1) is 13.8 Å². The number of fused-ring (bicyclic) bond motifs is 1. The maximum Gasteiger partial charge on any atom is 0.322 e. The number of pyridine rings is 1. The number of carbonyl (C=O) groups is 1. The van der Waals surface area contributed by atoms with Crippen molar-refractivity contribution in [3.8, 4) is 0 Å². The molecule has 2 amide bonds. The summed E-state index contributed by atoms with van der Waals surface area (Å²) in [5, 5.41) is 3.99. The summed E-state index contributed by atoms with van der Waals surface area (Å²) in [6.07, 6.45) is 0. The third-order valence-electron chi connectivity index (χ3n) is 5.93. The Morgan fingerprint density at radius 3 is 2.39 bits per heavy atom. The van der Waals surface area contributed by atoms with Crippen molar-refractivity contribution in [1.29, 1.82) is 0 Å². The van der Waals surface area contributed by atoms with Gasteiger partial charge in [-0.1, -0.05) is 30.3 Å². The Kier molecular flexibility index (Phi) is 7.47. The lowest BCUT2D eigenvalue weighted by molar-refractivity contribution is -0.895. The molecule has 0 unspecified atom stereocenters. The Hall–Kier alpha value is -3.12. The molecular weight excluding hydrogens is 388 g/mol. The van der Waals surface area contributed by atoms with E-state index in [0.29, 0.717) is 12.1 Å². The van der Waals surface area contributed by atoms with E-state index in [1.165, 1.54) is 4.90 Å². The van der Waals surface area contributed by atoms with E-state index in [2.05, 4.69) is 30.2 Å². The highest BCUT2D eigenvalue weighted by Gasteiger charge is 2.19. The molecule has 3 N–H and O–H groups in total. The number of hydrogen-bond donors (Lipinski definition) is 3. The van der Waals surface area contributed by atoms with Gasteiger partial charge in [0, 0.05) is 16.6 Å². The summed E-state index contributed by atoms with van der Waals surface area (Å²) in [6, 6.07) is 15.2. The van der Waals surface area contributed by atoms with Crippen LogP contribution in [0.2, 0.25) is 0 Å². The summed E-state index contributed by atoms with van der Waals surface area (Å²) in [6.45, 7) is 12.0. The van der Waals surface area contributed by atoms with Gasteiger partial charge in [0.2, 0.25) is 0 Å². The quantitative estimate of drug-likeness (QED) is 0.523. The van der Waals surface area contributed by atoms with Crippen LogP contribution in [0.1, 0.15) is 30.5 Å². The van der Waals surface area contributed by atoms with E-state index in [0.717, 1.165) is 47.4 Å². The van der Waals surface area contributed by atoms with Crippen LogP contribution in [0.5, 0.6) is 0 Å². The van der Waals surface area contributed by atoms with Crippen molar-refractivity contribution in [2.24, 2.45) is 0 Å². The van der Waals surface area contributed by atoms with E-state index in [1.54, 1.807) is 4.90 Å². The number of urea groups is 1. The lowest BCUT2D eigenvalue weighted by atomic mass is 10.0. The van der Waals surface area contributed by atoms with Gasteiger partial charge in [0.1, 0.15) is 0 Å². The molecule has 0 saturated carbocycles. The third-order valence-corrected chi connectivity index (χ3v) is 5.93. The molecule has 0 aliphatic carbocycles. The van der Waals surface area contributed by atoms with Crippen molar-refractivity contribution in [2.45, 2.75) is 34.2 Å². The number of nitrogens with one attached hydrogen (secondary N) is 3. The van der Waals surface area contributed by atoms with E-state index in [9.17, 15) is 9.59 Å². The molecule has 0 radical (unpaired) electrons. The van der Waals surface area contributed by atoms with E-state index in [1.807, 2.05) is 56.3 Å². The molecule has 1 heterocycles. The molecule has 3 rings (SSSR count). The summed E-state index contributed by atoms with van der Waals surface area (Å²) in [7, 11) is 0. The molecule has 164 valence electrons. The van der Waals surface area contributed by atoms with Gasteiger partial charge >= 0.3 is 6.03 Å². The van der Waals surface area contributed by atoms with Crippen LogP contribution in [0.3, 0.4) is 0 Å². The predicted molar refractivity (Wildman–Crippen MR) is 127 cm³/mol. The van der Waals surface area contributed by atoms with Gasteiger partial charge in [0.05, 0.1) is 38.2 Å². The number of rotatable bonds is 8. The topological polar surface area (TPSA) is 69.6 Å². The highest BCUT2D eigenvalue weighted by atomic mass is 16.2. The Morgan fingerprint density at radius 2 is 1.71 bits per heavy atom. The third kappa shape index (κ3) is 5.52. The number of benzene rings is 2. The smallest absolute Gasteiger partial charge is 0.322 e. The number of nitrogens with zero attached hydrogens (tertiary/aromatic N) is 1. The van der Waals surface area contributed by atoms with E-state index >= 15 is 0 Å². The lowest BCUT2D eigenvalue weighted by Crippen LogP contribution is -3.12. The van der Waals surface area contributed by atoms with Gasteiger partial charge in [0.15, 0.2) is 0 Å². The Labute approximate surface area is 183 Å². The predicted octanol–water partition coefficient (Wildman–Crippen LogP) is 3.10. The minimum absolute atomic E-state index is 0.145. The fourth-order valence-electron chi connectivity index (χ4n) is 3.81. The number of quaternary nitrogens is 1. The zero-order valence-electron chi connectivity index (χ0n) is 18.9. The molecule has 2 aromatic carbocycles. The summed E-state index contributed by atoms with van der Waals surface area (Å²) >= 11 is 0. The van der Waals surface area contributed by atoms with Gasteiger partial charge in [-0.05, 0) is 57.0 Å². The monoisotopic (exact) mass is 421 g/mol. The summed E-state index contributed by atoms with van der Waals surface area (Å²) in [4.78, 5) is 32.1. The molecular formula is C25H33N4O2+. The normalized spacial score (nSPS) is 11.1. The number of likely N-dealkylation sites (N-methyl/N-ethyl adjacent to an activating group) is 1. The van der Waals surface area contributed by atoms with Crippen molar-refractivity contribution in [3.05, 3.63) is 75.6 Å². The van der Waals surface area contributed by atoms with Crippen molar-refractivity contribution < 1.29 is 9.69 Å². The van der Waals surface area contributed by atoms with Crippen LogP contribution >= 0.6 is 0 Å². The van der Waals surface area contributed by atoms with Crippen molar-refractivity contribution >= 4 is 22.6 Å². The molecule has 0 bridgehead atoms. The van der Waals surface area contributed by atoms with Crippen molar-refractivity contribution in [3.63, 3.8) is 0 Å². The van der Waals surface area contributed by atoms with Gasteiger partial charge in [-0.3, -0.25) is 4.79 Å². The van der Waals surface area contributed by atoms with E-state index < -0.39 is 0 Å². The van der Waals surface area contributed by atoms with Crippen LogP contribution in [-0.4, -0.2) is 42.1 Å². The second kappa shape index (κ2) is 10.3. The maximum absolute atomic E-state index is 13.1. The second-order valence-corrected chi connectivity index (χ2v) is 8.04. The first-order valence-corrected chi connectivity index (χ1v) is 11.0. The first kappa shape index (κ1) is 22.6. The molecule has 0 aliphatic heterocycles. The molecule has 0 fully saturated rings. The number of aryl methyl sites for hydroxylation is 2. The second-order valence-electron chi connectivity index (χ2n) is 8.04. The molecule has 0 aliphatic rings. The number of anilines is 1. The standard InChI is InChI=1S/C25H32N4O2/c1-5-28(6-2)14-15-29(25(31)26-21-10-8-7-9-11-21)17-20-16-22-18(3)12-13-19(4)23(22)27-24(20)30/h7-13,16H,5-6,14-15,17H2,1-4H3,(H,26,31)(H,27,30)/p+1. The van der Waals surface area contributed by atoms with Crippen LogP contribution in [0.15, 0.2) is 53.3 Å². The van der Waals surface area contributed by atoms with Crippen molar-refractivity contribution in [2.75, 3.05) is 31.5 Å². The molecule has 6 heteroatoms. The van der Waals surface area contributed by atoms with Gasteiger partial charge in [-0.2, -0.15) is 0 Å². The van der Waals surface area contributed by atoms with E-state index in [-0.39, 0.29) is 18.1 Å². The summed E-state index contributed by atoms with van der Waals surface area (Å²) in [5.41, 5.74) is 4.19. The highest BCUT2D eigenvalue weighted by molar-refractivity contribution is 5.89. The molecule has 3 aromatic rings. The van der Waals surface area contributed by atoms with Gasteiger partial charge < -0.3 is 20.1 Å². The minimum atomic E-state index is -0.196. The van der Waals surface area contributed by atoms with Crippen LogP contribution in [0.4, 0.5) is 10.5 Å². The Bertz CT molecular complexity index is 1090. The molecule has 1 aromatic heterocycles. The van der Waals surface area contributed by atoms with Crippen LogP contribution in [-0.2, 0) is 6.54 Å². The van der Waals surface area contributed by atoms with Gasteiger partial charge in [0.25, 0.3) is 5.56 Å². The molecule has 0 saturated heterocycles. The SMILES string of the molecule is CC[NH+](CC)CCN(Cc1cc2c(C)ccc(C)c2[nH]c1=O)C(=O)Nc1ccccc1. The average Bonchev–Trinajstić information content (AvgIpc) is 2.77. The number of para-hydroxylation sites is 1. The fraction of sp³-hybridized carbons (Fsp3) is 0.360. The molecule has 0 atom stereocenters. The fourth-order valence-corrected chi connectivity index (χ4v) is 3.81. The number of aromatic amines is 1. The van der Waals surface area contributed by atoms with Gasteiger partial charge in [-0.15, -0.1) is 0 Å². The van der Waals surface area contributed by atoms with Crippen LogP contribution in [0.25, 0.3) is 10.9 Å². The highest BCUT2D eigenvalue weighted by Crippen LogP contribution is 2.20. The maximum atomic E-state index is 13.1. The lowest BCUT2D eigenvalue weighted by Gasteiger charge is -2.25. The Morgan fingerprint density at radius 1 is 1.03 bits per heavy atom.